The highest BCUT2D eigenvalue weighted by Crippen LogP contribution is 2.27. The number of ether oxygens (including phenoxy) is 4. The summed E-state index contributed by atoms with van der Waals surface area (Å²) in [6, 6.07) is 27.6. The maximum Gasteiger partial charge on any atom is 0.338 e. The third-order valence-electron chi connectivity index (χ3n) is 5.56. The number of rotatable bonds is 9. The molecule has 0 bridgehead atoms. The zero-order valence-corrected chi connectivity index (χ0v) is 18.6. The summed E-state index contributed by atoms with van der Waals surface area (Å²) in [7, 11) is 0. The molecule has 1 aliphatic heterocycles. The summed E-state index contributed by atoms with van der Waals surface area (Å²) < 4.78 is 23.2. The van der Waals surface area contributed by atoms with Gasteiger partial charge in [0.25, 0.3) is 0 Å². The van der Waals surface area contributed by atoms with Crippen LogP contribution in [0.3, 0.4) is 0 Å². The normalized spacial score (nSPS) is 24.5. The number of esters is 1. The Hall–Kier alpha value is -3.07. The molecule has 0 aliphatic carbocycles. The lowest BCUT2D eigenvalue weighted by Gasteiger charge is -2.42. The molecule has 34 heavy (non-hydrogen) atoms. The molecule has 1 fully saturated rings. The largest absolute Gasteiger partial charge is 0.453 e. The van der Waals surface area contributed by atoms with E-state index in [1.807, 2.05) is 60.7 Å². The minimum atomic E-state index is -1.56. The highest BCUT2D eigenvalue weighted by atomic mass is 16.7. The van der Waals surface area contributed by atoms with Crippen LogP contribution >= 0.6 is 0 Å². The first kappa shape index (κ1) is 24.1. The second kappa shape index (κ2) is 11.9. The molecule has 0 radical (unpaired) electrons. The third-order valence-corrected chi connectivity index (χ3v) is 5.56. The molecule has 1 saturated heterocycles. The SMILES string of the molecule is O=C(O[C@H]1[C@H](O)[C@@H](O)O[C@@H](COCc2ccccc2)[C@@H]1OCc1ccccc1)c1ccccc1. The Balaban J connectivity index is 1.50. The van der Waals surface area contributed by atoms with Crippen LogP contribution in [0.4, 0.5) is 0 Å². The van der Waals surface area contributed by atoms with Gasteiger partial charge in [0.05, 0.1) is 25.4 Å². The molecule has 3 aromatic carbocycles. The predicted molar refractivity (Wildman–Crippen MR) is 124 cm³/mol. The summed E-state index contributed by atoms with van der Waals surface area (Å²) in [4.78, 5) is 12.7. The van der Waals surface area contributed by atoms with E-state index in [2.05, 4.69) is 0 Å². The van der Waals surface area contributed by atoms with Crippen molar-refractivity contribution in [3.05, 3.63) is 108 Å². The molecular formula is C27H28O7. The van der Waals surface area contributed by atoms with E-state index in [-0.39, 0.29) is 13.2 Å². The number of aliphatic hydroxyl groups is 2. The van der Waals surface area contributed by atoms with Gasteiger partial charge in [-0.3, -0.25) is 0 Å². The average molecular weight is 465 g/mol. The molecule has 0 spiro atoms. The molecule has 5 atom stereocenters. The molecule has 0 amide bonds. The van der Waals surface area contributed by atoms with Crippen molar-refractivity contribution in [3.63, 3.8) is 0 Å². The van der Waals surface area contributed by atoms with E-state index < -0.39 is 36.7 Å². The van der Waals surface area contributed by atoms with Gasteiger partial charge in [0.1, 0.15) is 18.3 Å². The second-order valence-electron chi connectivity index (χ2n) is 8.05. The van der Waals surface area contributed by atoms with Crippen molar-refractivity contribution in [2.75, 3.05) is 6.61 Å². The minimum Gasteiger partial charge on any atom is -0.453 e. The molecule has 0 unspecified atom stereocenters. The van der Waals surface area contributed by atoms with E-state index in [0.29, 0.717) is 12.2 Å². The van der Waals surface area contributed by atoms with Crippen LogP contribution in [-0.2, 0) is 32.2 Å². The maximum atomic E-state index is 12.7. The van der Waals surface area contributed by atoms with Crippen LogP contribution in [0.1, 0.15) is 21.5 Å². The number of aliphatic hydroxyl groups excluding tert-OH is 2. The fraction of sp³-hybridized carbons (Fsp3) is 0.296. The molecule has 1 heterocycles. The van der Waals surface area contributed by atoms with E-state index in [9.17, 15) is 15.0 Å². The topological polar surface area (TPSA) is 94.5 Å². The van der Waals surface area contributed by atoms with Crippen molar-refractivity contribution >= 4 is 5.97 Å². The number of benzene rings is 3. The van der Waals surface area contributed by atoms with Gasteiger partial charge in [0.15, 0.2) is 12.4 Å². The summed E-state index contributed by atoms with van der Waals surface area (Å²) in [5.74, 6) is -0.629. The van der Waals surface area contributed by atoms with Gasteiger partial charge in [0.2, 0.25) is 0 Å². The van der Waals surface area contributed by atoms with Gasteiger partial charge < -0.3 is 29.2 Å². The molecule has 0 saturated carbocycles. The minimum absolute atomic E-state index is 0.0670. The first-order valence-corrected chi connectivity index (χ1v) is 11.2. The standard InChI is InChI=1S/C27H28O7/c28-23-25(34-26(29)21-14-8-3-9-15-21)24(32-17-20-12-6-2-7-13-20)22(33-27(23)30)18-31-16-19-10-4-1-5-11-19/h1-15,22-25,27-28,30H,16-18H2/t22-,23-,24-,25-,27-/m0/s1. The Bertz CT molecular complexity index is 1010. The van der Waals surface area contributed by atoms with Crippen molar-refractivity contribution in [1.29, 1.82) is 0 Å². The van der Waals surface area contributed by atoms with Crippen molar-refractivity contribution in [2.45, 2.75) is 43.9 Å². The van der Waals surface area contributed by atoms with Crippen LogP contribution < -0.4 is 0 Å². The molecule has 4 rings (SSSR count). The molecule has 178 valence electrons. The fourth-order valence-corrected chi connectivity index (χ4v) is 3.78. The molecule has 7 heteroatoms. The third kappa shape index (κ3) is 6.28. The highest BCUT2D eigenvalue weighted by Gasteiger charge is 2.48. The summed E-state index contributed by atoms with van der Waals surface area (Å²) >= 11 is 0. The molecule has 7 nitrogen and oxygen atoms in total. The van der Waals surface area contributed by atoms with E-state index in [0.717, 1.165) is 11.1 Å². The number of hydrogen-bond acceptors (Lipinski definition) is 7. The summed E-state index contributed by atoms with van der Waals surface area (Å²) in [6.07, 6.45) is -5.86. The van der Waals surface area contributed by atoms with Gasteiger partial charge in [-0.15, -0.1) is 0 Å². The Morgan fingerprint density at radius 1 is 0.765 bits per heavy atom. The predicted octanol–water partition coefficient (Wildman–Crippen LogP) is 3.09. The highest BCUT2D eigenvalue weighted by molar-refractivity contribution is 5.89. The summed E-state index contributed by atoms with van der Waals surface area (Å²) in [5.41, 5.74) is 2.21. The Kier molecular flexibility index (Phi) is 8.41. The molecular weight excluding hydrogens is 436 g/mol. The maximum absolute atomic E-state index is 12.7. The Morgan fingerprint density at radius 2 is 1.32 bits per heavy atom. The fourth-order valence-electron chi connectivity index (χ4n) is 3.78. The van der Waals surface area contributed by atoms with E-state index in [4.69, 9.17) is 18.9 Å². The van der Waals surface area contributed by atoms with Gasteiger partial charge in [-0.2, -0.15) is 0 Å². The average Bonchev–Trinajstić information content (AvgIpc) is 2.88. The monoisotopic (exact) mass is 464 g/mol. The number of hydrogen-bond donors (Lipinski definition) is 2. The van der Waals surface area contributed by atoms with Crippen LogP contribution in [0.25, 0.3) is 0 Å². The van der Waals surface area contributed by atoms with Crippen molar-refractivity contribution in [2.24, 2.45) is 0 Å². The van der Waals surface area contributed by atoms with Gasteiger partial charge in [-0.1, -0.05) is 78.9 Å². The Labute approximate surface area is 198 Å². The van der Waals surface area contributed by atoms with E-state index in [1.54, 1.807) is 30.3 Å². The van der Waals surface area contributed by atoms with Crippen LogP contribution in [0, 0.1) is 0 Å². The summed E-state index contributed by atoms with van der Waals surface area (Å²) in [6.45, 7) is 0.600. The molecule has 3 aromatic rings. The lowest BCUT2D eigenvalue weighted by molar-refractivity contribution is -0.297. The van der Waals surface area contributed by atoms with Crippen LogP contribution in [-0.4, -0.2) is 53.5 Å². The summed E-state index contributed by atoms with van der Waals surface area (Å²) in [5, 5.41) is 21.0. The first-order chi connectivity index (χ1) is 16.6. The lowest BCUT2D eigenvalue weighted by Crippen LogP contribution is -2.60. The number of carbonyl (C=O) groups is 1. The van der Waals surface area contributed by atoms with E-state index >= 15 is 0 Å². The van der Waals surface area contributed by atoms with Gasteiger partial charge in [0, 0.05) is 0 Å². The van der Waals surface area contributed by atoms with Crippen LogP contribution in [0.5, 0.6) is 0 Å². The smallest absolute Gasteiger partial charge is 0.338 e. The lowest BCUT2D eigenvalue weighted by atomic mass is 9.98. The second-order valence-corrected chi connectivity index (χ2v) is 8.05. The van der Waals surface area contributed by atoms with Crippen LogP contribution in [0.2, 0.25) is 0 Å². The zero-order valence-electron chi connectivity index (χ0n) is 18.6. The van der Waals surface area contributed by atoms with Gasteiger partial charge in [-0.25, -0.2) is 4.79 Å². The number of carbonyl (C=O) groups excluding carboxylic acids is 1. The molecule has 0 aromatic heterocycles. The van der Waals surface area contributed by atoms with Gasteiger partial charge >= 0.3 is 5.97 Å². The van der Waals surface area contributed by atoms with Gasteiger partial charge in [-0.05, 0) is 23.3 Å². The first-order valence-electron chi connectivity index (χ1n) is 11.2. The molecule has 1 aliphatic rings. The van der Waals surface area contributed by atoms with Crippen molar-refractivity contribution in [3.8, 4) is 0 Å². The quantitative estimate of drug-likeness (QED) is 0.470. The van der Waals surface area contributed by atoms with Crippen molar-refractivity contribution < 1.29 is 34.0 Å². The van der Waals surface area contributed by atoms with Crippen LogP contribution in [0.15, 0.2) is 91.0 Å². The molecule has 2 N–H and O–H groups in total. The Morgan fingerprint density at radius 3 is 1.94 bits per heavy atom. The van der Waals surface area contributed by atoms with E-state index in [1.165, 1.54) is 0 Å². The van der Waals surface area contributed by atoms with Crippen molar-refractivity contribution in [1.82, 2.24) is 0 Å². The zero-order chi connectivity index (χ0) is 23.8.